The van der Waals surface area contributed by atoms with Crippen molar-refractivity contribution in [3.63, 3.8) is 0 Å². The van der Waals surface area contributed by atoms with Crippen LogP contribution in [-0.2, 0) is 20.8 Å². The van der Waals surface area contributed by atoms with Crippen LogP contribution < -0.4 is 16.0 Å². The van der Waals surface area contributed by atoms with Crippen molar-refractivity contribution < 1.29 is 23.2 Å². The lowest BCUT2D eigenvalue weighted by Crippen LogP contribution is -2.51. The zero-order valence-corrected chi connectivity index (χ0v) is 18.2. The van der Waals surface area contributed by atoms with E-state index in [-0.39, 0.29) is 12.0 Å². The normalized spacial score (nSPS) is 17.8. The van der Waals surface area contributed by atoms with Gasteiger partial charge in [0.2, 0.25) is 17.7 Å². The summed E-state index contributed by atoms with van der Waals surface area (Å²) < 4.78 is 26.7. The lowest BCUT2D eigenvalue weighted by molar-refractivity contribution is -0.132. The molecule has 3 N–H and O–H groups in total. The highest BCUT2D eigenvalue weighted by Gasteiger charge is 2.35. The van der Waals surface area contributed by atoms with Crippen LogP contribution in [0.2, 0.25) is 0 Å². The average Bonchev–Trinajstić information content (AvgIpc) is 2.80. The van der Waals surface area contributed by atoms with Gasteiger partial charge in [0.05, 0.1) is 12.5 Å². The number of hydrogen-bond donors (Lipinski definition) is 3. The van der Waals surface area contributed by atoms with Crippen molar-refractivity contribution >= 4 is 17.7 Å². The second kappa shape index (κ2) is 9.78. The standard InChI is InChI=1S/C25H22F2N4O3/c1-14(29-21(32)11-15-9-17(26)12-18(27)10-15)24(33)31-23-20-7-3-2-6-19(20)22(30-25(23)34)16-5-4-8-28-13-16/h2-10,12-14,22-23H,11H2,1H3,(H,29,32)(H,30,34)(H,31,33)/t14-,22?,23?/m0/s1. The second-order valence-corrected chi connectivity index (χ2v) is 8.04. The number of pyridine rings is 1. The summed E-state index contributed by atoms with van der Waals surface area (Å²) in [6.45, 7) is 1.46. The van der Waals surface area contributed by atoms with Crippen LogP contribution in [0.5, 0.6) is 0 Å². The summed E-state index contributed by atoms with van der Waals surface area (Å²) in [5.74, 6) is -3.14. The van der Waals surface area contributed by atoms with Gasteiger partial charge in [-0.25, -0.2) is 8.78 Å². The molecule has 0 spiro atoms. The first-order valence-electron chi connectivity index (χ1n) is 10.7. The third-order valence-corrected chi connectivity index (χ3v) is 5.53. The van der Waals surface area contributed by atoms with E-state index in [0.717, 1.165) is 23.3 Å². The minimum absolute atomic E-state index is 0.143. The molecule has 1 aliphatic rings. The second-order valence-electron chi connectivity index (χ2n) is 8.04. The number of amides is 3. The summed E-state index contributed by atoms with van der Waals surface area (Å²) in [6.07, 6.45) is 3.01. The average molecular weight is 464 g/mol. The summed E-state index contributed by atoms with van der Waals surface area (Å²) in [5.41, 5.74) is 2.42. The number of halogens is 2. The van der Waals surface area contributed by atoms with Crippen LogP contribution >= 0.6 is 0 Å². The van der Waals surface area contributed by atoms with Crippen LogP contribution in [0.1, 0.15) is 41.3 Å². The summed E-state index contributed by atoms with van der Waals surface area (Å²) in [4.78, 5) is 42.1. The number of nitrogens with one attached hydrogen (secondary N) is 3. The third kappa shape index (κ3) is 5.09. The van der Waals surface area contributed by atoms with Crippen LogP contribution in [0.4, 0.5) is 8.78 Å². The molecule has 7 nitrogen and oxygen atoms in total. The number of carbonyl (C=O) groups excluding carboxylic acids is 3. The van der Waals surface area contributed by atoms with Crippen molar-refractivity contribution in [1.82, 2.24) is 20.9 Å². The largest absolute Gasteiger partial charge is 0.344 e. The first-order valence-corrected chi connectivity index (χ1v) is 10.7. The molecular weight excluding hydrogens is 442 g/mol. The zero-order valence-electron chi connectivity index (χ0n) is 18.2. The van der Waals surface area contributed by atoms with Crippen molar-refractivity contribution in [2.45, 2.75) is 31.5 Å². The fourth-order valence-corrected chi connectivity index (χ4v) is 3.96. The molecule has 2 aromatic carbocycles. The van der Waals surface area contributed by atoms with Crippen molar-refractivity contribution in [2.24, 2.45) is 0 Å². The monoisotopic (exact) mass is 464 g/mol. The van der Waals surface area contributed by atoms with Crippen molar-refractivity contribution in [1.29, 1.82) is 0 Å². The van der Waals surface area contributed by atoms with E-state index in [1.165, 1.54) is 6.92 Å². The maximum atomic E-state index is 13.3. The van der Waals surface area contributed by atoms with Crippen LogP contribution in [0.15, 0.2) is 67.0 Å². The minimum atomic E-state index is -0.984. The maximum absolute atomic E-state index is 13.3. The molecule has 3 atom stereocenters. The van der Waals surface area contributed by atoms with E-state index in [4.69, 9.17) is 0 Å². The number of carbonyl (C=O) groups is 3. The Labute approximate surface area is 194 Å². The molecule has 1 aliphatic heterocycles. The van der Waals surface area contributed by atoms with Gasteiger partial charge in [0.1, 0.15) is 23.7 Å². The fraction of sp³-hybridized carbons (Fsp3) is 0.200. The number of hydrogen-bond acceptors (Lipinski definition) is 4. The highest BCUT2D eigenvalue weighted by molar-refractivity contribution is 5.94. The molecule has 3 amide bonds. The smallest absolute Gasteiger partial charge is 0.247 e. The number of nitrogens with zero attached hydrogens (tertiary/aromatic N) is 1. The topological polar surface area (TPSA) is 100 Å². The van der Waals surface area contributed by atoms with Gasteiger partial charge in [0.15, 0.2) is 0 Å². The molecule has 1 aromatic heterocycles. The Morgan fingerprint density at radius 3 is 2.44 bits per heavy atom. The van der Waals surface area contributed by atoms with Crippen LogP contribution in [-0.4, -0.2) is 28.7 Å². The molecule has 2 unspecified atom stereocenters. The van der Waals surface area contributed by atoms with E-state index >= 15 is 0 Å². The van der Waals surface area contributed by atoms with E-state index in [1.54, 1.807) is 30.6 Å². The Morgan fingerprint density at radius 1 is 1.06 bits per heavy atom. The van der Waals surface area contributed by atoms with Gasteiger partial charge in [-0.2, -0.15) is 0 Å². The predicted octanol–water partition coefficient (Wildman–Crippen LogP) is 2.48. The van der Waals surface area contributed by atoms with Crippen LogP contribution in [0, 0.1) is 11.6 Å². The van der Waals surface area contributed by atoms with Gasteiger partial charge in [-0.05, 0) is 47.4 Å². The van der Waals surface area contributed by atoms with Crippen molar-refractivity contribution in [3.8, 4) is 0 Å². The Morgan fingerprint density at radius 2 is 1.76 bits per heavy atom. The van der Waals surface area contributed by atoms with Gasteiger partial charge in [-0.3, -0.25) is 19.4 Å². The molecule has 0 fully saturated rings. The lowest BCUT2D eigenvalue weighted by Gasteiger charge is -2.33. The highest BCUT2D eigenvalue weighted by atomic mass is 19.1. The van der Waals surface area contributed by atoms with E-state index in [2.05, 4.69) is 20.9 Å². The van der Waals surface area contributed by atoms with E-state index < -0.39 is 47.5 Å². The summed E-state index contributed by atoms with van der Waals surface area (Å²) in [5, 5.41) is 8.09. The van der Waals surface area contributed by atoms with Gasteiger partial charge in [-0.15, -0.1) is 0 Å². The number of rotatable bonds is 6. The maximum Gasteiger partial charge on any atom is 0.247 e. The molecule has 0 saturated heterocycles. The highest BCUT2D eigenvalue weighted by Crippen LogP contribution is 2.33. The molecule has 2 heterocycles. The molecule has 4 rings (SSSR count). The molecule has 9 heteroatoms. The molecule has 34 heavy (non-hydrogen) atoms. The first kappa shape index (κ1) is 23.0. The number of benzene rings is 2. The van der Waals surface area contributed by atoms with Crippen molar-refractivity contribution in [3.05, 3.63) is 101 Å². The molecule has 0 radical (unpaired) electrons. The zero-order chi connectivity index (χ0) is 24.2. The molecule has 0 bridgehead atoms. The van der Waals surface area contributed by atoms with Gasteiger partial charge in [0, 0.05) is 18.5 Å². The molecule has 0 aliphatic carbocycles. The summed E-state index contributed by atoms with van der Waals surface area (Å²) in [6, 6.07) is 11.4. The molecular formula is C25H22F2N4O3. The third-order valence-electron chi connectivity index (χ3n) is 5.53. The summed E-state index contributed by atoms with van der Waals surface area (Å²) >= 11 is 0. The van der Waals surface area contributed by atoms with Crippen LogP contribution in [0.3, 0.4) is 0 Å². The Bertz CT molecular complexity index is 1220. The molecule has 174 valence electrons. The van der Waals surface area contributed by atoms with E-state index in [9.17, 15) is 23.2 Å². The Kier molecular flexibility index (Phi) is 6.62. The summed E-state index contributed by atoms with van der Waals surface area (Å²) in [7, 11) is 0. The van der Waals surface area contributed by atoms with Gasteiger partial charge in [0.25, 0.3) is 0 Å². The van der Waals surface area contributed by atoms with E-state index in [1.807, 2.05) is 18.2 Å². The lowest BCUT2D eigenvalue weighted by atomic mass is 9.87. The van der Waals surface area contributed by atoms with Gasteiger partial charge < -0.3 is 16.0 Å². The Hall–Kier alpha value is -4.14. The minimum Gasteiger partial charge on any atom is -0.344 e. The predicted molar refractivity (Wildman–Crippen MR) is 119 cm³/mol. The van der Waals surface area contributed by atoms with Crippen LogP contribution in [0.25, 0.3) is 0 Å². The quantitative estimate of drug-likeness (QED) is 0.522. The van der Waals surface area contributed by atoms with Gasteiger partial charge >= 0.3 is 0 Å². The number of fused-ring (bicyclic) bond motifs is 1. The fourth-order valence-electron chi connectivity index (χ4n) is 3.96. The van der Waals surface area contributed by atoms with Crippen molar-refractivity contribution in [2.75, 3.05) is 0 Å². The number of aromatic nitrogens is 1. The SMILES string of the molecule is C[C@H](NC(=O)Cc1cc(F)cc(F)c1)C(=O)NC1C(=O)NC(c2cccnc2)c2ccccc21. The van der Waals surface area contributed by atoms with Gasteiger partial charge in [-0.1, -0.05) is 30.3 Å². The Balaban J connectivity index is 1.45. The molecule has 0 saturated carbocycles. The van der Waals surface area contributed by atoms with E-state index in [0.29, 0.717) is 11.6 Å². The molecule has 3 aromatic rings. The first-order chi connectivity index (χ1) is 16.3.